The van der Waals surface area contributed by atoms with Crippen LogP contribution < -0.4 is 10.1 Å². The van der Waals surface area contributed by atoms with Gasteiger partial charge in [-0.1, -0.05) is 37.0 Å². The highest BCUT2D eigenvalue weighted by molar-refractivity contribution is 6.36. The fourth-order valence-corrected chi connectivity index (χ4v) is 2.97. The van der Waals surface area contributed by atoms with Gasteiger partial charge in [0.2, 0.25) is 5.88 Å². The van der Waals surface area contributed by atoms with Gasteiger partial charge < -0.3 is 10.1 Å². The van der Waals surface area contributed by atoms with Crippen molar-refractivity contribution in [2.75, 3.05) is 12.4 Å². The van der Waals surface area contributed by atoms with Crippen LogP contribution in [0, 0.1) is 11.8 Å². The van der Waals surface area contributed by atoms with E-state index in [2.05, 4.69) is 24.1 Å². The first kappa shape index (κ1) is 14.7. The molecule has 1 aromatic rings. The van der Waals surface area contributed by atoms with E-state index in [1.807, 2.05) is 0 Å². The van der Waals surface area contributed by atoms with Gasteiger partial charge in [0.05, 0.1) is 5.02 Å². The molecule has 3 unspecified atom stereocenters. The Balaban J connectivity index is 2.11. The second-order valence-corrected chi connectivity index (χ2v) is 6.18. The average Bonchev–Trinajstić information content (AvgIpc) is 2.37. The van der Waals surface area contributed by atoms with Crippen LogP contribution in [0.2, 0.25) is 10.0 Å². The Hall–Kier alpha value is -0.670. The van der Waals surface area contributed by atoms with Gasteiger partial charge in [0.15, 0.2) is 0 Å². The van der Waals surface area contributed by atoms with Gasteiger partial charge in [-0.3, -0.25) is 0 Å². The Kier molecular flexibility index (Phi) is 4.80. The summed E-state index contributed by atoms with van der Waals surface area (Å²) in [6, 6.07) is 1.67. The van der Waals surface area contributed by atoms with E-state index < -0.39 is 0 Å². The first-order chi connectivity index (χ1) is 9.01. The minimum absolute atomic E-state index is 0.196. The maximum atomic E-state index is 6.14. The zero-order valence-electron chi connectivity index (χ0n) is 11.5. The standard InChI is InChI=1S/C14H20Cl2N2O/c1-8-4-5-10(6-9(8)2)19-14-12(16)7-11(15)13(17-3)18-14/h7-10H,4-6H2,1-3H3,(H,17,18). The van der Waals surface area contributed by atoms with Gasteiger partial charge >= 0.3 is 0 Å². The van der Waals surface area contributed by atoms with Gasteiger partial charge in [0, 0.05) is 7.05 Å². The Morgan fingerprint density at radius 3 is 2.58 bits per heavy atom. The van der Waals surface area contributed by atoms with Crippen LogP contribution in [0.1, 0.15) is 33.1 Å². The van der Waals surface area contributed by atoms with E-state index in [1.165, 1.54) is 6.42 Å². The molecule has 0 saturated heterocycles. The highest BCUT2D eigenvalue weighted by atomic mass is 35.5. The summed E-state index contributed by atoms with van der Waals surface area (Å²) in [5.41, 5.74) is 0. The average molecular weight is 303 g/mol. The Morgan fingerprint density at radius 1 is 1.21 bits per heavy atom. The lowest BCUT2D eigenvalue weighted by Gasteiger charge is -2.32. The number of ether oxygens (including phenoxy) is 1. The number of rotatable bonds is 3. The SMILES string of the molecule is CNc1nc(OC2CCC(C)C(C)C2)c(Cl)cc1Cl. The van der Waals surface area contributed by atoms with Gasteiger partial charge in [-0.25, -0.2) is 0 Å². The summed E-state index contributed by atoms with van der Waals surface area (Å²) in [6.07, 6.45) is 3.50. The number of nitrogens with zero attached hydrogens (tertiary/aromatic N) is 1. The van der Waals surface area contributed by atoms with Crippen LogP contribution in [0.3, 0.4) is 0 Å². The zero-order valence-corrected chi connectivity index (χ0v) is 13.1. The van der Waals surface area contributed by atoms with Gasteiger partial charge in [-0.2, -0.15) is 4.98 Å². The summed E-state index contributed by atoms with van der Waals surface area (Å²) in [6.45, 7) is 4.57. The van der Waals surface area contributed by atoms with Crippen LogP contribution >= 0.6 is 23.2 Å². The van der Waals surface area contributed by atoms with Gasteiger partial charge in [0.1, 0.15) is 16.9 Å². The second kappa shape index (κ2) is 6.19. The topological polar surface area (TPSA) is 34.2 Å². The Morgan fingerprint density at radius 2 is 1.95 bits per heavy atom. The molecule has 1 aromatic heterocycles. The maximum absolute atomic E-state index is 6.14. The molecule has 1 saturated carbocycles. The molecule has 0 aliphatic heterocycles. The van der Waals surface area contributed by atoms with Crippen molar-refractivity contribution in [2.45, 2.75) is 39.2 Å². The first-order valence-corrected chi connectivity index (χ1v) is 7.47. The molecule has 0 aromatic carbocycles. The molecule has 0 bridgehead atoms. The van der Waals surface area contributed by atoms with Crippen molar-refractivity contribution < 1.29 is 4.74 Å². The van der Waals surface area contributed by atoms with Crippen LogP contribution in [0.5, 0.6) is 5.88 Å². The number of hydrogen-bond donors (Lipinski definition) is 1. The number of pyridine rings is 1. The molecule has 0 radical (unpaired) electrons. The fourth-order valence-electron chi connectivity index (χ4n) is 2.47. The first-order valence-electron chi connectivity index (χ1n) is 6.71. The molecule has 5 heteroatoms. The second-order valence-electron chi connectivity index (χ2n) is 5.36. The molecule has 1 fully saturated rings. The van der Waals surface area contributed by atoms with E-state index in [0.717, 1.165) is 18.8 Å². The quantitative estimate of drug-likeness (QED) is 0.883. The molecule has 2 rings (SSSR count). The number of anilines is 1. The van der Waals surface area contributed by atoms with Crippen molar-refractivity contribution in [3.05, 3.63) is 16.1 Å². The highest BCUT2D eigenvalue weighted by Crippen LogP contribution is 2.35. The van der Waals surface area contributed by atoms with Crippen LogP contribution in [-0.4, -0.2) is 18.1 Å². The molecule has 19 heavy (non-hydrogen) atoms. The van der Waals surface area contributed by atoms with Crippen LogP contribution in [0.15, 0.2) is 6.07 Å². The number of halogens is 2. The van der Waals surface area contributed by atoms with E-state index in [1.54, 1.807) is 13.1 Å². The van der Waals surface area contributed by atoms with Crippen LogP contribution in [0.4, 0.5) is 5.82 Å². The summed E-state index contributed by atoms with van der Waals surface area (Å²) in [4.78, 5) is 4.33. The summed E-state index contributed by atoms with van der Waals surface area (Å²) < 4.78 is 5.96. The molecule has 1 aliphatic rings. The number of aromatic nitrogens is 1. The van der Waals surface area contributed by atoms with Crippen molar-refractivity contribution in [3.63, 3.8) is 0 Å². The minimum atomic E-state index is 0.196. The minimum Gasteiger partial charge on any atom is -0.473 e. The predicted molar refractivity (Wildman–Crippen MR) is 80.4 cm³/mol. The summed E-state index contributed by atoms with van der Waals surface area (Å²) >= 11 is 12.2. The number of nitrogens with one attached hydrogen (secondary N) is 1. The third-order valence-corrected chi connectivity index (χ3v) is 4.52. The third kappa shape index (κ3) is 3.46. The summed E-state index contributed by atoms with van der Waals surface area (Å²) in [5, 5.41) is 3.91. The van der Waals surface area contributed by atoms with Gasteiger partial charge in [-0.15, -0.1) is 0 Å². The summed E-state index contributed by atoms with van der Waals surface area (Å²) in [5.74, 6) is 2.51. The van der Waals surface area contributed by atoms with E-state index in [9.17, 15) is 0 Å². The Bertz CT molecular complexity index is 453. The van der Waals surface area contributed by atoms with Crippen LogP contribution in [0.25, 0.3) is 0 Å². The molecular weight excluding hydrogens is 283 g/mol. The van der Waals surface area contributed by atoms with Gasteiger partial charge in [-0.05, 0) is 37.2 Å². The summed E-state index contributed by atoms with van der Waals surface area (Å²) in [7, 11) is 1.77. The Labute approximate surface area is 124 Å². The zero-order chi connectivity index (χ0) is 14.0. The molecule has 1 aliphatic carbocycles. The molecule has 1 heterocycles. The molecule has 106 valence electrons. The third-order valence-electron chi connectivity index (χ3n) is 3.96. The normalized spacial score (nSPS) is 27.1. The molecule has 0 amide bonds. The van der Waals surface area contributed by atoms with Crippen molar-refractivity contribution in [1.82, 2.24) is 4.98 Å². The molecule has 3 nitrogen and oxygen atoms in total. The van der Waals surface area contributed by atoms with E-state index in [0.29, 0.717) is 27.7 Å². The lowest BCUT2D eigenvalue weighted by Crippen LogP contribution is -2.29. The fraction of sp³-hybridized carbons (Fsp3) is 0.643. The maximum Gasteiger partial charge on any atom is 0.234 e. The molecule has 3 atom stereocenters. The predicted octanol–water partition coefficient (Wildman–Crippen LogP) is 4.63. The monoisotopic (exact) mass is 302 g/mol. The number of hydrogen-bond acceptors (Lipinski definition) is 3. The largest absolute Gasteiger partial charge is 0.473 e. The van der Waals surface area contributed by atoms with Crippen molar-refractivity contribution in [3.8, 4) is 5.88 Å². The molecular formula is C14H20Cl2N2O. The molecule has 1 N–H and O–H groups in total. The highest BCUT2D eigenvalue weighted by Gasteiger charge is 2.26. The lowest BCUT2D eigenvalue weighted by atomic mass is 9.80. The van der Waals surface area contributed by atoms with E-state index >= 15 is 0 Å². The van der Waals surface area contributed by atoms with E-state index in [-0.39, 0.29) is 6.10 Å². The van der Waals surface area contributed by atoms with Crippen LogP contribution in [-0.2, 0) is 0 Å². The van der Waals surface area contributed by atoms with Crippen molar-refractivity contribution in [1.29, 1.82) is 0 Å². The van der Waals surface area contributed by atoms with Gasteiger partial charge in [0.25, 0.3) is 0 Å². The van der Waals surface area contributed by atoms with Crippen molar-refractivity contribution >= 4 is 29.0 Å². The van der Waals surface area contributed by atoms with E-state index in [4.69, 9.17) is 27.9 Å². The molecule has 0 spiro atoms. The smallest absolute Gasteiger partial charge is 0.234 e. The van der Waals surface area contributed by atoms with Crippen molar-refractivity contribution in [2.24, 2.45) is 11.8 Å². The lowest BCUT2D eigenvalue weighted by molar-refractivity contribution is 0.0967.